The van der Waals surface area contributed by atoms with Crippen LogP contribution in [0.5, 0.6) is 0 Å². The van der Waals surface area contributed by atoms with Gasteiger partial charge in [-0.2, -0.15) is 5.21 Å². The molecule has 2 N–H and O–H groups in total. The molecule has 0 amide bonds. The topological polar surface area (TPSA) is 95.7 Å². The fourth-order valence-electron chi connectivity index (χ4n) is 3.04. The number of hydrogen-bond acceptors (Lipinski definition) is 5. The van der Waals surface area contributed by atoms with E-state index < -0.39 is 0 Å². The zero-order chi connectivity index (χ0) is 19.2. The van der Waals surface area contributed by atoms with Crippen LogP contribution in [0, 0.1) is 5.92 Å². The van der Waals surface area contributed by atoms with Crippen LogP contribution in [-0.4, -0.2) is 34.6 Å². The van der Waals surface area contributed by atoms with Crippen LogP contribution in [0.3, 0.4) is 0 Å². The van der Waals surface area contributed by atoms with E-state index in [-0.39, 0.29) is 17.9 Å². The van der Waals surface area contributed by atoms with Crippen molar-refractivity contribution in [2.45, 2.75) is 26.4 Å². The Labute approximate surface area is 158 Å². The predicted molar refractivity (Wildman–Crippen MR) is 100 cm³/mol. The molecule has 3 aromatic rings. The van der Waals surface area contributed by atoms with Crippen LogP contribution >= 0.6 is 0 Å². The van der Waals surface area contributed by atoms with Crippen LogP contribution in [-0.2, 0) is 16.1 Å². The number of nitrogens with two attached hydrogens (primary N) is 1. The Balaban J connectivity index is 1.76. The van der Waals surface area contributed by atoms with Crippen LogP contribution in [0.4, 0.5) is 0 Å². The summed E-state index contributed by atoms with van der Waals surface area (Å²) in [6, 6.07) is 16.0. The average molecular weight is 365 g/mol. The van der Waals surface area contributed by atoms with Gasteiger partial charge in [0.15, 0.2) is 6.04 Å². The van der Waals surface area contributed by atoms with E-state index in [9.17, 15) is 4.79 Å². The van der Waals surface area contributed by atoms with Crippen LogP contribution in [0.2, 0.25) is 0 Å². The minimum Gasteiger partial charge on any atom is -0.465 e. The molecule has 3 rings (SSSR count). The van der Waals surface area contributed by atoms with Gasteiger partial charge in [0.05, 0.1) is 7.11 Å². The molecule has 0 saturated heterocycles. The summed E-state index contributed by atoms with van der Waals surface area (Å²) in [6.07, 6.45) is 0. The number of aromatic nitrogens is 4. The lowest BCUT2D eigenvalue weighted by Crippen LogP contribution is -2.91. The third-order valence-electron chi connectivity index (χ3n) is 4.55. The van der Waals surface area contributed by atoms with Crippen LogP contribution in [0.1, 0.15) is 19.4 Å². The van der Waals surface area contributed by atoms with E-state index in [4.69, 9.17) is 4.74 Å². The van der Waals surface area contributed by atoms with Crippen molar-refractivity contribution in [3.63, 3.8) is 0 Å². The predicted octanol–water partition coefficient (Wildman–Crippen LogP) is 1.42. The fraction of sp³-hybridized carbons (Fsp3) is 0.300. The summed E-state index contributed by atoms with van der Waals surface area (Å²) >= 11 is 0. The highest BCUT2D eigenvalue weighted by Gasteiger charge is 2.26. The molecule has 0 unspecified atom stereocenters. The third-order valence-corrected chi connectivity index (χ3v) is 4.55. The summed E-state index contributed by atoms with van der Waals surface area (Å²) in [5.74, 6) is 0.531. The van der Waals surface area contributed by atoms with E-state index in [1.807, 2.05) is 43.4 Å². The smallest absolute Gasteiger partial charge is 0.364 e. The maximum Gasteiger partial charge on any atom is 0.364 e. The monoisotopic (exact) mass is 365 g/mol. The second kappa shape index (κ2) is 8.55. The number of nitrogens with zero attached hydrogens (tertiary/aromatic N) is 4. The molecular weight excluding hydrogens is 342 g/mol. The molecule has 0 radical (unpaired) electrons. The summed E-state index contributed by atoms with van der Waals surface area (Å²) in [5.41, 5.74) is 4.12. The standard InChI is InChI=1S/C20H22N5O2/c1-13(2)18(20(26)27-3)21-12-14-8-10-15(11-9-14)16-6-4-5-7-17(16)19-22-24-25-23-19/h4-11,13,18,21H,12H2,1-3H3/q-1/p+1/t18-/m0/s1. The number of tetrazole rings is 1. The van der Waals surface area contributed by atoms with E-state index in [1.165, 1.54) is 7.11 Å². The van der Waals surface area contributed by atoms with Gasteiger partial charge in [0.25, 0.3) is 0 Å². The Kier molecular flexibility index (Phi) is 5.93. The molecule has 0 saturated carbocycles. The van der Waals surface area contributed by atoms with Gasteiger partial charge in [0.2, 0.25) is 0 Å². The first kappa shape index (κ1) is 18.7. The molecule has 7 nitrogen and oxygen atoms in total. The van der Waals surface area contributed by atoms with Gasteiger partial charge < -0.3 is 15.2 Å². The van der Waals surface area contributed by atoms with Crippen molar-refractivity contribution in [3.8, 4) is 22.5 Å². The first-order valence-electron chi connectivity index (χ1n) is 8.88. The van der Waals surface area contributed by atoms with E-state index in [0.717, 1.165) is 22.3 Å². The minimum atomic E-state index is -0.204. The van der Waals surface area contributed by atoms with Crippen LogP contribution in [0.25, 0.3) is 22.5 Å². The number of carbonyl (C=O) groups is 1. The second-order valence-corrected chi connectivity index (χ2v) is 6.68. The highest BCUT2D eigenvalue weighted by molar-refractivity contribution is 5.80. The van der Waals surface area contributed by atoms with E-state index in [1.54, 1.807) is 0 Å². The summed E-state index contributed by atoms with van der Waals surface area (Å²) in [6.45, 7) is 4.75. The normalized spacial score (nSPS) is 12.1. The van der Waals surface area contributed by atoms with Crippen molar-refractivity contribution < 1.29 is 14.8 Å². The highest BCUT2D eigenvalue weighted by atomic mass is 16.5. The fourth-order valence-corrected chi connectivity index (χ4v) is 3.04. The molecule has 1 aromatic heterocycles. The molecule has 0 spiro atoms. The highest BCUT2D eigenvalue weighted by Crippen LogP contribution is 2.29. The molecule has 0 fully saturated rings. The first-order valence-corrected chi connectivity index (χ1v) is 8.88. The van der Waals surface area contributed by atoms with Gasteiger partial charge in [-0.05, 0) is 16.7 Å². The molecule has 0 aliphatic carbocycles. The Bertz CT molecular complexity index is 876. The van der Waals surface area contributed by atoms with Gasteiger partial charge >= 0.3 is 5.97 Å². The van der Waals surface area contributed by atoms with Crippen molar-refractivity contribution in [1.29, 1.82) is 0 Å². The molecular formula is C20H23N5O2. The van der Waals surface area contributed by atoms with Gasteiger partial charge in [-0.3, -0.25) is 10.3 Å². The van der Waals surface area contributed by atoms with Crippen LogP contribution in [0.15, 0.2) is 48.5 Å². The van der Waals surface area contributed by atoms with Gasteiger partial charge in [0, 0.05) is 17.3 Å². The molecule has 27 heavy (non-hydrogen) atoms. The molecule has 0 aliphatic heterocycles. The maximum atomic E-state index is 11.9. The number of rotatable bonds is 7. The molecule has 2 aromatic carbocycles. The summed E-state index contributed by atoms with van der Waals surface area (Å²) in [5, 5.41) is 17.1. The summed E-state index contributed by atoms with van der Waals surface area (Å²) in [4.78, 5) is 11.9. The number of carbonyl (C=O) groups excluding carboxylic acids is 1. The first-order chi connectivity index (χ1) is 13.1. The Morgan fingerprint density at radius 1 is 1.11 bits per heavy atom. The summed E-state index contributed by atoms with van der Waals surface area (Å²) < 4.78 is 4.90. The maximum absolute atomic E-state index is 11.9. The molecule has 0 aliphatic rings. The molecule has 7 heteroatoms. The van der Waals surface area contributed by atoms with Crippen LogP contribution < -0.4 is 10.4 Å². The molecule has 1 atom stereocenters. The lowest BCUT2D eigenvalue weighted by Gasteiger charge is -2.16. The summed E-state index contributed by atoms with van der Waals surface area (Å²) in [7, 11) is 1.43. The second-order valence-electron chi connectivity index (χ2n) is 6.68. The van der Waals surface area contributed by atoms with Crippen molar-refractivity contribution in [3.05, 3.63) is 54.1 Å². The third kappa shape index (κ3) is 4.38. The van der Waals surface area contributed by atoms with Gasteiger partial charge in [-0.25, -0.2) is 4.79 Å². The Hall–Kier alpha value is -3.06. The number of methoxy groups -OCH3 is 1. The number of benzene rings is 2. The van der Waals surface area contributed by atoms with E-state index in [0.29, 0.717) is 12.4 Å². The van der Waals surface area contributed by atoms with Crippen molar-refractivity contribution in [1.82, 2.24) is 20.6 Å². The zero-order valence-corrected chi connectivity index (χ0v) is 15.7. The van der Waals surface area contributed by atoms with Gasteiger partial charge in [-0.1, -0.05) is 62.4 Å². The SMILES string of the molecule is COC(=O)[C@@H]([NH2+]Cc1ccc(-c2ccccc2-c2nnn[n-]2)cc1)C(C)C. The zero-order valence-electron chi connectivity index (χ0n) is 15.7. The number of ether oxygens (including phenoxy) is 1. The molecule has 1 heterocycles. The van der Waals surface area contributed by atoms with E-state index in [2.05, 4.69) is 44.9 Å². The van der Waals surface area contributed by atoms with Crippen molar-refractivity contribution >= 4 is 5.97 Å². The average Bonchev–Trinajstić information content (AvgIpc) is 3.23. The minimum absolute atomic E-state index is 0.188. The Morgan fingerprint density at radius 2 is 1.81 bits per heavy atom. The number of esters is 1. The van der Waals surface area contributed by atoms with Gasteiger partial charge in [-0.15, -0.1) is 0 Å². The van der Waals surface area contributed by atoms with Crippen molar-refractivity contribution in [2.75, 3.05) is 7.11 Å². The quantitative estimate of drug-likeness (QED) is 0.636. The molecule has 0 bridgehead atoms. The lowest BCUT2D eigenvalue weighted by atomic mass is 9.98. The number of hydrogen-bond donors (Lipinski definition) is 1. The number of quaternary nitrogens is 1. The largest absolute Gasteiger partial charge is 0.465 e. The molecule has 140 valence electrons. The van der Waals surface area contributed by atoms with Crippen molar-refractivity contribution in [2.24, 2.45) is 5.92 Å². The Morgan fingerprint density at radius 3 is 2.41 bits per heavy atom. The van der Waals surface area contributed by atoms with E-state index >= 15 is 0 Å². The van der Waals surface area contributed by atoms with Gasteiger partial charge in [0.1, 0.15) is 6.54 Å². The lowest BCUT2D eigenvalue weighted by molar-refractivity contribution is -0.698.